The molecule has 4 heterocycles. The number of carbonyl (C=O) groups is 1. The summed E-state index contributed by atoms with van der Waals surface area (Å²) in [5.41, 5.74) is 3.46. The van der Waals surface area contributed by atoms with Gasteiger partial charge in [0.15, 0.2) is 17.5 Å². The van der Waals surface area contributed by atoms with E-state index in [9.17, 15) is 18.0 Å². The van der Waals surface area contributed by atoms with Crippen molar-refractivity contribution in [3.05, 3.63) is 70.9 Å². The molecule has 4 aromatic rings. The van der Waals surface area contributed by atoms with E-state index in [-0.39, 0.29) is 17.5 Å². The number of pyridine rings is 1. The van der Waals surface area contributed by atoms with Gasteiger partial charge >= 0.3 is 0 Å². The zero-order valence-corrected chi connectivity index (χ0v) is 17.7. The van der Waals surface area contributed by atoms with Crippen LogP contribution in [0.15, 0.2) is 36.7 Å². The summed E-state index contributed by atoms with van der Waals surface area (Å²) in [4.78, 5) is 19.4. The second kappa shape index (κ2) is 7.22. The molecule has 0 saturated heterocycles. The lowest BCUT2D eigenvalue weighted by Crippen LogP contribution is -2.39. The normalized spacial score (nSPS) is 15.9. The van der Waals surface area contributed by atoms with Gasteiger partial charge in [-0.3, -0.25) is 9.48 Å². The molecule has 32 heavy (non-hydrogen) atoms. The van der Waals surface area contributed by atoms with Crippen LogP contribution >= 0.6 is 0 Å². The Balaban J connectivity index is 1.50. The van der Waals surface area contributed by atoms with E-state index >= 15 is 0 Å². The van der Waals surface area contributed by atoms with Crippen molar-refractivity contribution >= 4 is 16.9 Å². The Morgan fingerprint density at radius 3 is 2.56 bits per heavy atom. The molecule has 3 aromatic heterocycles. The Morgan fingerprint density at radius 1 is 1.12 bits per heavy atom. The molecule has 0 unspecified atom stereocenters. The molecule has 1 aliphatic rings. The number of carbonyl (C=O) groups excluding carboxylic acids is 1. The molecule has 1 atom stereocenters. The molecule has 0 N–H and O–H groups in total. The Morgan fingerprint density at radius 2 is 1.84 bits per heavy atom. The van der Waals surface area contributed by atoms with E-state index < -0.39 is 17.5 Å². The first-order valence-electron chi connectivity index (χ1n) is 10.2. The lowest BCUT2D eigenvalue weighted by atomic mass is 9.95. The van der Waals surface area contributed by atoms with E-state index in [1.807, 2.05) is 36.9 Å². The minimum Gasteiger partial charge on any atom is -0.336 e. The highest BCUT2D eigenvalue weighted by Gasteiger charge is 2.34. The molecule has 9 heteroatoms. The summed E-state index contributed by atoms with van der Waals surface area (Å²) in [7, 11) is 3.56. The SMILES string of the molecule is C[C@H]1c2nn(C)c(-c3cc(F)c(F)c(F)c3)c2CCN1C(=O)c1cnc2c(ccn2C)c1. The fourth-order valence-corrected chi connectivity index (χ4v) is 4.51. The van der Waals surface area contributed by atoms with Crippen LogP contribution in [0.2, 0.25) is 0 Å². The van der Waals surface area contributed by atoms with E-state index in [0.717, 1.165) is 28.7 Å². The van der Waals surface area contributed by atoms with E-state index in [4.69, 9.17) is 0 Å². The van der Waals surface area contributed by atoms with Gasteiger partial charge in [0.1, 0.15) is 5.65 Å². The molecular weight excluding hydrogens is 419 g/mol. The maximum absolute atomic E-state index is 13.8. The molecule has 6 nitrogen and oxygen atoms in total. The molecule has 1 aliphatic heterocycles. The zero-order valence-electron chi connectivity index (χ0n) is 17.7. The number of amides is 1. The third kappa shape index (κ3) is 2.99. The fraction of sp³-hybridized carbons (Fsp3) is 0.261. The number of rotatable bonds is 2. The van der Waals surface area contributed by atoms with Gasteiger partial charge in [0.2, 0.25) is 0 Å². The van der Waals surface area contributed by atoms with Gasteiger partial charge in [-0.25, -0.2) is 18.2 Å². The summed E-state index contributed by atoms with van der Waals surface area (Å²) < 4.78 is 44.5. The minimum absolute atomic E-state index is 0.160. The van der Waals surface area contributed by atoms with Crippen LogP contribution in [-0.2, 0) is 20.5 Å². The van der Waals surface area contributed by atoms with Crippen LogP contribution in [0.5, 0.6) is 0 Å². The van der Waals surface area contributed by atoms with Crippen molar-refractivity contribution in [2.75, 3.05) is 6.54 Å². The van der Waals surface area contributed by atoms with Gasteiger partial charge < -0.3 is 9.47 Å². The van der Waals surface area contributed by atoms with Gasteiger partial charge in [-0.05, 0) is 37.6 Å². The molecule has 1 aromatic carbocycles. The van der Waals surface area contributed by atoms with Gasteiger partial charge in [0.05, 0.1) is 23.0 Å². The lowest BCUT2D eigenvalue weighted by molar-refractivity contribution is 0.0673. The Kier molecular flexibility index (Phi) is 4.58. The third-order valence-corrected chi connectivity index (χ3v) is 6.11. The number of aryl methyl sites for hydroxylation is 2. The first-order chi connectivity index (χ1) is 15.3. The van der Waals surface area contributed by atoms with Crippen LogP contribution in [0.25, 0.3) is 22.3 Å². The predicted molar refractivity (Wildman–Crippen MR) is 112 cm³/mol. The van der Waals surface area contributed by atoms with E-state index in [1.54, 1.807) is 18.1 Å². The molecule has 0 bridgehead atoms. The number of hydrogen-bond acceptors (Lipinski definition) is 3. The molecule has 1 amide bonds. The van der Waals surface area contributed by atoms with Gasteiger partial charge in [0, 0.05) is 49.5 Å². The van der Waals surface area contributed by atoms with Crippen LogP contribution in [0, 0.1) is 17.5 Å². The van der Waals surface area contributed by atoms with Crippen molar-refractivity contribution in [3.8, 4) is 11.3 Å². The highest BCUT2D eigenvalue weighted by atomic mass is 19.2. The maximum Gasteiger partial charge on any atom is 0.256 e. The summed E-state index contributed by atoms with van der Waals surface area (Å²) in [5.74, 6) is -4.16. The molecule has 0 spiro atoms. The molecule has 0 saturated carbocycles. The molecule has 5 rings (SSSR count). The molecular formula is C23H20F3N5O. The van der Waals surface area contributed by atoms with Crippen molar-refractivity contribution in [1.29, 1.82) is 0 Å². The summed E-state index contributed by atoms with van der Waals surface area (Å²) in [6.45, 7) is 2.28. The fourth-order valence-electron chi connectivity index (χ4n) is 4.51. The predicted octanol–water partition coefficient (Wildman–Crippen LogP) is 4.15. The number of nitrogens with zero attached hydrogens (tertiary/aromatic N) is 5. The number of fused-ring (bicyclic) bond motifs is 2. The number of hydrogen-bond donors (Lipinski definition) is 0. The first-order valence-corrected chi connectivity index (χ1v) is 10.2. The highest BCUT2D eigenvalue weighted by Crippen LogP contribution is 2.37. The molecule has 0 radical (unpaired) electrons. The quantitative estimate of drug-likeness (QED) is 0.441. The Bertz CT molecular complexity index is 1370. The number of benzene rings is 1. The van der Waals surface area contributed by atoms with Gasteiger partial charge in [0.25, 0.3) is 5.91 Å². The molecule has 0 fully saturated rings. The van der Waals surface area contributed by atoms with E-state index in [2.05, 4.69) is 10.1 Å². The molecule has 0 aliphatic carbocycles. The monoisotopic (exact) mass is 439 g/mol. The van der Waals surface area contributed by atoms with Gasteiger partial charge in [-0.15, -0.1) is 0 Å². The highest BCUT2D eigenvalue weighted by molar-refractivity contribution is 5.97. The third-order valence-electron chi connectivity index (χ3n) is 6.11. The standard InChI is InChI=1S/C23H20F3N5O/c1-12-20-16(21(30(3)28-20)14-9-17(24)19(26)18(25)10-14)5-7-31(12)23(32)15-8-13-4-6-29(2)22(13)27-11-15/h4,6,8-12H,5,7H2,1-3H3/t12-/m0/s1. The van der Waals surface area contributed by atoms with E-state index in [0.29, 0.717) is 29.9 Å². The lowest BCUT2D eigenvalue weighted by Gasteiger charge is -2.33. The zero-order chi connectivity index (χ0) is 22.7. The summed E-state index contributed by atoms with van der Waals surface area (Å²) in [5, 5.41) is 5.41. The second-order valence-corrected chi connectivity index (χ2v) is 8.08. The van der Waals surface area contributed by atoms with Crippen molar-refractivity contribution in [1.82, 2.24) is 24.2 Å². The minimum atomic E-state index is -1.50. The first kappa shape index (κ1) is 20.3. The van der Waals surface area contributed by atoms with Crippen LogP contribution in [0.3, 0.4) is 0 Å². The number of aromatic nitrogens is 4. The van der Waals surface area contributed by atoms with Crippen LogP contribution < -0.4 is 0 Å². The van der Waals surface area contributed by atoms with E-state index in [1.165, 1.54) is 4.68 Å². The van der Waals surface area contributed by atoms with Crippen LogP contribution in [0.4, 0.5) is 13.2 Å². The second-order valence-electron chi connectivity index (χ2n) is 8.08. The largest absolute Gasteiger partial charge is 0.336 e. The van der Waals surface area contributed by atoms with Crippen molar-refractivity contribution in [2.24, 2.45) is 14.1 Å². The molecule has 164 valence electrons. The summed E-state index contributed by atoms with van der Waals surface area (Å²) in [6, 6.07) is 5.31. The summed E-state index contributed by atoms with van der Waals surface area (Å²) in [6.07, 6.45) is 3.91. The summed E-state index contributed by atoms with van der Waals surface area (Å²) >= 11 is 0. The van der Waals surface area contributed by atoms with Crippen molar-refractivity contribution < 1.29 is 18.0 Å². The topological polar surface area (TPSA) is 56.0 Å². The van der Waals surface area contributed by atoms with Crippen molar-refractivity contribution in [3.63, 3.8) is 0 Å². The van der Waals surface area contributed by atoms with Crippen molar-refractivity contribution in [2.45, 2.75) is 19.4 Å². The van der Waals surface area contributed by atoms with Crippen LogP contribution in [0.1, 0.15) is 34.6 Å². The number of halogens is 3. The Hall–Kier alpha value is -3.62. The Labute approximate surface area is 181 Å². The maximum atomic E-state index is 13.8. The van der Waals surface area contributed by atoms with Gasteiger partial charge in [-0.2, -0.15) is 5.10 Å². The average molecular weight is 439 g/mol. The van der Waals surface area contributed by atoms with Gasteiger partial charge in [-0.1, -0.05) is 0 Å². The smallest absolute Gasteiger partial charge is 0.256 e. The average Bonchev–Trinajstić information content (AvgIpc) is 3.31. The van der Waals surface area contributed by atoms with Crippen LogP contribution in [-0.4, -0.2) is 36.7 Å².